The minimum Gasteiger partial charge on any atom is -0.495 e. The monoisotopic (exact) mass is 400 g/mol. The molecule has 7 heteroatoms. The Morgan fingerprint density at radius 2 is 1.75 bits per heavy atom. The Hall–Kier alpha value is -2.83. The van der Waals surface area contributed by atoms with Gasteiger partial charge in [0, 0.05) is 12.1 Å². The zero-order valence-electron chi connectivity index (χ0n) is 15.9. The fraction of sp³-hybridized carbons (Fsp3) is 0.238. The maximum Gasteiger partial charge on any atom is 0.278 e. The molecule has 0 spiro atoms. The molecule has 0 aromatic heterocycles. The van der Waals surface area contributed by atoms with Crippen LogP contribution in [-0.4, -0.2) is 44.1 Å². The van der Waals surface area contributed by atoms with E-state index in [9.17, 15) is 9.59 Å². The number of rotatable bonds is 7. The van der Waals surface area contributed by atoms with Crippen molar-refractivity contribution in [2.75, 3.05) is 32.7 Å². The van der Waals surface area contributed by atoms with Crippen molar-refractivity contribution >= 4 is 34.7 Å². The first kappa shape index (κ1) is 19.9. The third kappa shape index (κ3) is 3.88. The molecule has 1 heterocycles. The molecule has 0 bridgehead atoms. The zero-order chi connectivity index (χ0) is 20.3. The number of imide groups is 1. The second-order valence-electron chi connectivity index (χ2n) is 6.34. The molecule has 6 nitrogen and oxygen atoms in total. The Balaban J connectivity index is 2.08. The van der Waals surface area contributed by atoms with Gasteiger partial charge in [0.05, 0.1) is 31.5 Å². The molecule has 0 saturated carbocycles. The van der Waals surface area contributed by atoms with Crippen molar-refractivity contribution in [1.29, 1.82) is 0 Å². The smallest absolute Gasteiger partial charge is 0.278 e. The molecule has 0 unspecified atom stereocenters. The molecule has 28 heavy (non-hydrogen) atoms. The fourth-order valence-corrected chi connectivity index (χ4v) is 3.15. The van der Waals surface area contributed by atoms with Gasteiger partial charge in [0.1, 0.15) is 11.4 Å². The summed E-state index contributed by atoms with van der Waals surface area (Å²) < 4.78 is 10.4. The van der Waals surface area contributed by atoms with Gasteiger partial charge in [-0.1, -0.05) is 41.4 Å². The van der Waals surface area contributed by atoms with Crippen LogP contribution in [0.25, 0.3) is 5.57 Å². The minimum atomic E-state index is -0.417. The van der Waals surface area contributed by atoms with E-state index in [0.717, 1.165) is 5.56 Å². The highest BCUT2D eigenvalue weighted by Gasteiger charge is 2.39. The lowest BCUT2D eigenvalue weighted by molar-refractivity contribution is -0.137. The van der Waals surface area contributed by atoms with Crippen molar-refractivity contribution < 1.29 is 19.1 Å². The maximum atomic E-state index is 13.0. The molecular weight excluding hydrogens is 380 g/mol. The maximum absolute atomic E-state index is 13.0. The number of aryl methyl sites for hydroxylation is 1. The van der Waals surface area contributed by atoms with Crippen LogP contribution in [0.3, 0.4) is 0 Å². The Morgan fingerprint density at radius 1 is 1.04 bits per heavy atom. The molecule has 1 aliphatic heterocycles. The summed E-state index contributed by atoms with van der Waals surface area (Å²) >= 11 is 6.10. The molecule has 0 aliphatic carbocycles. The van der Waals surface area contributed by atoms with Crippen molar-refractivity contribution in [3.63, 3.8) is 0 Å². The molecule has 146 valence electrons. The van der Waals surface area contributed by atoms with Crippen molar-refractivity contribution in [2.45, 2.75) is 6.92 Å². The number of nitrogens with zero attached hydrogens (tertiary/aromatic N) is 1. The molecule has 0 fully saturated rings. The van der Waals surface area contributed by atoms with Crippen LogP contribution < -0.4 is 10.1 Å². The van der Waals surface area contributed by atoms with Gasteiger partial charge in [0.15, 0.2) is 0 Å². The molecule has 2 aromatic carbocycles. The highest BCUT2D eigenvalue weighted by atomic mass is 35.5. The predicted octanol–water partition coefficient (Wildman–Crippen LogP) is 3.50. The Bertz CT molecular complexity index is 938. The number of nitrogens with one attached hydrogen (secondary N) is 1. The van der Waals surface area contributed by atoms with Gasteiger partial charge < -0.3 is 14.8 Å². The number of amides is 2. The van der Waals surface area contributed by atoms with E-state index >= 15 is 0 Å². The molecular formula is C21H21ClN2O4. The van der Waals surface area contributed by atoms with Gasteiger partial charge in [0.2, 0.25) is 0 Å². The highest BCUT2D eigenvalue weighted by Crippen LogP contribution is 2.34. The molecule has 1 N–H and O–H groups in total. The molecule has 0 atom stereocenters. The molecule has 0 saturated heterocycles. The first-order valence-electron chi connectivity index (χ1n) is 8.73. The van der Waals surface area contributed by atoms with Crippen molar-refractivity contribution in [3.8, 4) is 5.75 Å². The molecule has 2 aromatic rings. The van der Waals surface area contributed by atoms with Crippen molar-refractivity contribution in [2.24, 2.45) is 0 Å². The second-order valence-corrected chi connectivity index (χ2v) is 6.78. The Kier molecular flexibility index (Phi) is 6.02. The van der Waals surface area contributed by atoms with Crippen LogP contribution in [0.4, 0.5) is 5.69 Å². The van der Waals surface area contributed by atoms with E-state index in [0.29, 0.717) is 27.6 Å². The quantitative estimate of drug-likeness (QED) is 0.720. The lowest BCUT2D eigenvalue weighted by atomic mass is 10.0. The van der Waals surface area contributed by atoms with Gasteiger partial charge in [-0.25, -0.2) is 0 Å². The summed E-state index contributed by atoms with van der Waals surface area (Å²) in [5.41, 5.74) is 2.72. The topological polar surface area (TPSA) is 67.9 Å². The zero-order valence-corrected chi connectivity index (χ0v) is 16.7. The van der Waals surface area contributed by atoms with E-state index in [1.54, 1.807) is 18.2 Å². The van der Waals surface area contributed by atoms with Crippen LogP contribution >= 0.6 is 11.6 Å². The van der Waals surface area contributed by atoms with Crippen LogP contribution in [0.15, 0.2) is 48.2 Å². The lowest BCUT2D eigenvalue weighted by Crippen LogP contribution is -2.35. The number of carbonyl (C=O) groups is 2. The summed E-state index contributed by atoms with van der Waals surface area (Å²) in [6.45, 7) is 2.38. The summed E-state index contributed by atoms with van der Waals surface area (Å²) in [4.78, 5) is 27.2. The number of halogens is 1. The van der Waals surface area contributed by atoms with Gasteiger partial charge in [0.25, 0.3) is 11.8 Å². The molecule has 3 rings (SSSR count). The van der Waals surface area contributed by atoms with Crippen LogP contribution in [0.5, 0.6) is 5.75 Å². The van der Waals surface area contributed by atoms with E-state index in [1.807, 2.05) is 31.2 Å². The van der Waals surface area contributed by atoms with Crippen LogP contribution in [-0.2, 0) is 14.3 Å². The number of anilines is 1. The van der Waals surface area contributed by atoms with Gasteiger partial charge in [-0.05, 0) is 30.7 Å². The lowest BCUT2D eigenvalue weighted by Gasteiger charge is -2.15. The van der Waals surface area contributed by atoms with Gasteiger partial charge >= 0.3 is 0 Å². The Morgan fingerprint density at radius 3 is 2.39 bits per heavy atom. The number of hydrogen-bond donors (Lipinski definition) is 1. The van der Waals surface area contributed by atoms with Gasteiger partial charge in [-0.3, -0.25) is 14.5 Å². The molecule has 1 aliphatic rings. The van der Waals surface area contributed by atoms with E-state index < -0.39 is 5.91 Å². The van der Waals surface area contributed by atoms with Crippen molar-refractivity contribution in [3.05, 3.63) is 64.3 Å². The first-order valence-corrected chi connectivity index (χ1v) is 9.11. The van der Waals surface area contributed by atoms with E-state index in [-0.39, 0.29) is 24.8 Å². The number of ether oxygens (including phenoxy) is 2. The summed E-state index contributed by atoms with van der Waals surface area (Å²) in [6, 6.07) is 12.5. The van der Waals surface area contributed by atoms with Gasteiger partial charge in [-0.2, -0.15) is 0 Å². The van der Waals surface area contributed by atoms with E-state index in [4.69, 9.17) is 21.1 Å². The van der Waals surface area contributed by atoms with Crippen molar-refractivity contribution in [1.82, 2.24) is 4.90 Å². The second kappa shape index (κ2) is 8.46. The SMILES string of the molecule is COCCN1C(=O)C(Nc2cc(Cl)ccc2OC)=C(c2ccc(C)cc2)C1=O. The number of benzene rings is 2. The third-order valence-corrected chi connectivity index (χ3v) is 4.68. The number of hydrogen-bond acceptors (Lipinski definition) is 5. The summed E-state index contributed by atoms with van der Waals surface area (Å²) in [5.74, 6) is -0.273. The normalized spacial score (nSPS) is 14.1. The average molecular weight is 401 g/mol. The van der Waals surface area contributed by atoms with E-state index in [2.05, 4.69) is 5.32 Å². The summed E-state index contributed by atoms with van der Waals surface area (Å²) in [7, 11) is 3.05. The number of carbonyl (C=O) groups excluding carboxylic acids is 2. The van der Waals surface area contributed by atoms with Crippen LogP contribution in [0, 0.1) is 6.92 Å². The first-order chi connectivity index (χ1) is 13.5. The third-order valence-electron chi connectivity index (χ3n) is 4.45. The predicted molar refractivity (Wildman–Crippen MR) is 108 cm³/mol. The average Bonchev–Trinajstić information content (AvgIpc) is 2.91. The Labute approximate surface area is 168 Å². The largest absolute Gasteiger partial charge is 0.495 e. The van der Waals surface area contributed by atoms with Crippen LogP contribution in [0.2, 0.25) is 5.02 Å². The van der Waals surface area contributed by atoms with E-state index in [1.165, 1.54) is 19.1 Å². The number of methoxy groups -OCH3 is 2. The molecule has 2 amide bonds. The summed E-state index contributed by atoms with van der Waals surface area (Å²) in [6.07, 6.45) is 0. The standard InChI is InChI=1S/C21H21ClN2O4/c1-13-4-6-14(7-5-13)18-19(21(26)24(20(18)25)10-11-27-2)23-16-12-15(22)8-9-17(16)28-3/h4-9,12,23H,10-11H2,1-3H3. The van der Waals surface area contributed by atoms with Crippen LogP contribution in [0.1, 0.15) is 11.1 Å². The highest BCUT2D eigenvalue weighted by molar-refractivity contribution is 6.36. The van der Waals surface area contributed by atoms with Gasteiger partial charge in [-0.15, -0.1) is 0 Å². The summed E-state index contributed by atoms with van der Waals surface area (Å²) in [5, 5.41) is 3.55. The fourth-order valence-electron chi connectivity index (χ4n) is 2.98. The minimum absolute atomic E-state index is 0.168. The molecule has 0 radical (unpaired) electrons.